The van der Waals surface area contributed by atoms with Gasteiger partial charge in [0.25, 0.3) is 0 Å². The number of nitrogens with zero attached hydrogens (tertiary/aromatic N) is 5. The highest BCUT2D eigenvalue weighted by Crippen LogP contribution is 2.36. The first-order valence-corrected chi connectivity index (χ1v) is 19.6. The van der Waals surface area contributed by atoms with Gasteiger partial charge in [-0.2, -0.15) is 4.90 Å². The van der Waals surface area contributed by atoms with Crippen LogP contribution in [0.3, 0.4) is 0 Å². The second-order valence-corrected chi connectivity index (χ2v) is 18.9. The summed E-state index contributed by atoms with van der Waals surface area (Å²) in [6.45, 7) is 26.2. The van der Waals surface area contributed by atoms with Crippen molar-refractivity contribution < 1.29 is 42.9 Å². The SMILES string of the molecule is CCN(Cc1nc2c(N(C(=O)OC(C)(C)C)C(=O)OC(C)(C)C)nc3cc(Cc4ccccc4)ccc3c2n1CC(C)(C)OC(=O)OC(C)(C)C)C(=O)OC(C)(C)C. The molecular formula is C44H61N5O9. The maximum Gasteiger partial charge on any atom is 0.509 e. The molecule has 3 amide bonds. The number of amides is 3. The summed E-state index contributed by atoms with van der Waals surface area (Å²) in [4.78, 5) is 67.2. The van der Waals surface area contributed by atoms with Crippen LogP contribution in [0.25, 0.3) is 21.9 Å². The van der Waals surface area contributed by atoms with Gasteiger partial charge in [0.2, 0.25) is 0 Å². The van der Waals surface area contributed by atoms with Gasteiger partial charge >= 0.3 is 24.4 Å². The van der Waals surface area contributed by atoms with Crippen LogP contribution < -0.4 is 4.90 Å². The summed E-state index contributed by atoms with van der Waals surface area (Å²) in [6, 6.07) is 15.7. The highest BCUT2D eigenvalue weighted by Gasteiger charge is 2.38. The Morgan fingerprint density at radius 1 is 0.638 bits per heavy atom. The number of pyridine rings is 1. The average molecular weight is 804 g/mol. The van der Waals surface area contributed by atoms with E-state index >= 15 is 0 Å². The van der Waals surface area contributed by atoms with Crippen LogP contribution >= 0.6 is 0 Å². The summed E-state index contributed by atoms with van der Waals surface area (Å²) in [7, 11) is 0. The third kappa shape index (κ3) is 12.5. The number of benzene rings is 2. The van der Waals surface area contributed by atoms with Crippen LogP contribution in [-0.2, 0) is 43.2 Å². The third-order valence-electron chi connectivity index (χ3n) is 8.07. The van der Waals surface area contributed by atoms with Gasteiger partial charge in [-0.25, -0.2) is 29.1 Å². The van der Waals surface area contributed by atoms with Gasteiger partial charge in [0.05, 0.1) is 24.1 Å². The number of rotatable bonds is 9. The van der Waals surface area contributed by atoms with Crippen molar-refractivity contribution >= 4 is 52.2 Å². The first kappa shape index (κ1) is 45.3. The van der Waals surface area contributed by atoms with Crippen LogP contribution in [0.15, 0.2) is 48.5 Å². The van der Waals surface area contributed by atoms with E-state index in [1.54, 1.807) is 96.9 Å². The number of hydrogen-bond donors (Lipinski definition) is 0. The van der Waals surface area contributed by atoms with E-state index in [1.165, 1.54) is 4.90 Å². The van der Waals surface area contributed by atoms with E-state index < -0.39 is 52.4 Å². The van der Waals surface area contributed by atoms with Crippen molar-refractivity contribution in [1.29, 1.82) is 0 Å². The molecule has 0 fully saturated rings. The van der Waals surface area contributed by atoms with Crippen molar-refractivity contribution in [3.05, 3.63) is 65.5 Å². The maximum atomic E-state index is 14.2. The standard InChI is InChI=1S/C44H61N5O9/c1-16-47(36(50)54-40(2,3)4)26-32-46-33-34(48(32)27-44(14,15)58-39(53)57-43(11,12)13)30-23-22-29(24-28-20-18-17-19-21-28)25-31(30)45-35(33)49(37(51)55-41(5,6)7)38(52)56-42(8,9)10/h17-23,25H,16,24,26-27H2,1-15H3. The summed E-state index contributed by atoms with van der Waals surface area (Å²) in [5, 5.41) is 0.621. The third-order valence-corrected chi connectivity index (χ3v) is 8.07. The first-order valence-electron chi connectivity index (χ1n) is 19.6. The minimum Gasteiger partial charge on any atom is -0.444 e. The van der Waals surface area contributed by atoms with Crippen molar-refractivity contribution in [3.63, 3.8) is 0 Å². The van der Waals surface area contributed by atoms with Gasteiger partial charge in [-0.15, -0.1) is 0 Å². The zero-order valence-corrected chi connectivity index (χ0v) is 36.9. The largest absolute Gasteiger partial charge is 0.509 e. The highest BCUT2D eigenvalue weighted by atomic mass is 16.7. The summed E-state index contributed by atoms with van der Waals surface area (Å²) in [6.07, 6.45) is -2.91. The number of carbonyl (C=O) groups is 4. The second-order valence-electron chi connectivity index (χ2n) is 18.9. The van der Waals surface area contributed by atoms with Crippen LogP contribution in [0.4, 0.5) is 25.0 Å². The van der Waals surface area contributed by atoms with Crippen molar-refractivity contribution in [2.75, 3.05) is 11.4 Å². The Morgan fingerprint density at radius 3 is 1.69 bits per heavy atom. The van der Waals surface area contributed by atoms with Crippen LogP contribution in [-0.4, -0.2) is 78.4 Å². The van der Waals surface area contributed by atoms with Crippen molar-refractivity contribution in [2.45, 2.75) is 151 Å². The molecule has 2 heterocycles. The van der Waals surface area contributed by atoms with Gasteiger partial charge in [-0.05, 0) is 127 Å². The molecule has 4 rings (SSSR count). The van der Waals surface area contributed by atoms with Gasteiger partial charge in [0.15, 0.2) is 5.82 Å². The fourth-order valence-electron chi connectivity index (χ4n) is 5.93. The zero-order chi connectivity index (χ0) is 43.6. The van der Waals surface area contributed by atoms with Crippen molar-refractivity contribution in [2.24, 2.45) is 0 Å². The number of aromatic nitrogens is 3. The van der Waals surface area contributed by atoms with E-state index in [1.807, 2.05) is 60.0 Å². The van der Waals surface area contributed by atoms with E-state index in [9.17, 15) is 19.2 Å². The molecule has 0 saturated carbocycles. The van der Waals surface area contributed by atoms with Crippen molar-refractivity contribution in [1.82, 2.24) is 19.4 Å². The van der Waals surface area contributed by atoms with E-state index in [2.05, 4.69) is 0 Å². The molecule has 316 valence electrons. The minimum atomic E-state index is -1.22. The van der Waals surface area contributed by atoms with Gasteiger partial charge in [0, 0.05) is 11.9 Å². The maximum absolute atomic E-state index is 14.2. The van der Waals surface area contributed by atoms with E-state index in [0.717, 1.165) is 16.0 Å². The molecule has 0 unspecified atom stereocenters. The first-order chi connectivity index (χ1) is 26.5. The minimum absolute atomic E-state index is 0.00709. The zero-order valence-electron chi connectivity index (χ0n) is 36.9. The Bertz CT molecular complexity index is 2100. The molecule has 0 atom stereocenters. The predicted octanol–water partition coefficient (Wildman–Crippen LogP) is 10.3. The van der Waals surface area contributed by atoms with Crippen LogP contribution in [0, 0.1) is 0 Å². The summed E-state index contributed by atoms with van der Waals surface area (Å²) in [5.74, 6) is 0.190. The molecule has 2 aromatic carbocycles. The molecular weight excluding hydrogens is 743 g/mol. The summed E-state index contributed by atoms with van der Waals surface area (Å²) >= 11 is 0. The normalized spacial score (nSPS) is 12.6. The average Bonchev–Trinajstić information content (AvgIpc) is 3.37. The number of anilines is 1. The Balaban J connectivity index is 2.10. The van der Waals surface area contributed by atoms with Crippen molar-refractivity contribution in [3.8, 4) is 0 Å². The fraction of sp³-hybridized carbons (Fsp3) is 0.545. The quantitative estimate of drug-likeness (QED) is 0.117. The van der Waals surface area contributed by atoms with Crippen LogP contribution in [0.5, 0.6) is 0 Å². The monoisotopic (exact) mass is 803 g/mol. The summed E-state index contributed by atoms with van der Waals surface area (Å²) < 4.78 is 30.6. The lowest BCUT2D eigenvalue weighted by Crippen LogP contribution is -2.44. The number of ether oxygens (including phenoxy) is 5. The molecule has 0 radical (unpaired) electrons. The molecule has 2 aromatic heterocycles. The Morgan fingerprint density at radius 2 is 1.17 bits per heavy atom. The Kier molecular flexibility index (Phi) is 13.1. The molecule has 4 aromatic rings. The lowest BCUT2D eigenvalue weighted by molar-refractivity contribution is -0.0582. The Hall–Kier alpha value is -5.40. The number of carbonyl (C=O) groups excluding carboxylic acids is 4. The molecule has 0 N–H and O–H groups in total. The second kappa shape index (κ2) is 16.8. The van der Waals surface area contributed by atoms with E-state index in [4.69, 9.17) is 33.7 Å². The molecule has 0 bridgehead atoms. The summed E-state index contributed by atoms with van der Waals surface area (Å²) in [5.41, 5.74) is -1.78. The fourth-order valence-corrected chi connectivity index (χ4v) is 5.93. The predicted molar refractivity (Wildman–Crippen MR) is 223 cm³/mol. The number of hydrogen-bond acceptors (Lipinski definition) is 11. The van der Waals surface area contributed by atoms with E-state index in [0.29, 0.717) is 28.7 Å². The van der Waals surface area contributed by atoms with Gasteiger partial charge in [-0.3, -0.25) is 0 Å². The van der Waals surface area contributed by atoms with Crippen LogP contribution in [0.2, 0.25) is 0 Å². The van der Waals surface area contributed by atoms with E-state index in [-0.39, 0.29) is 31.0 Å². The van der Waals surface area contributed by atoms with Gasteiger partial charge in [-0.1, -0.05) is 42.5 Å². The highest BCUT2D eigenvalue weighted by molar-refractivity contribution is 6.17. The molecule has 14 heteroatoms. The molecule has 0 aliphatic carbocycles. The lowest BCUT2D eigenvalue weighted by Gasteiger charge is -2.30. The van der Waals surface area contributed by atoms with Gasteiger partial charge < -0.3 is 33.2 Å². The molecule has 0 aliphatic rings. The molecule has 0 saturated heterocycles. The number of imide groups is 1. The Labute approximate surface area is 342 Å². The number of fused-ring (bicyclic) bond motifs is 3. The smallest absolute Gasteiger partial charge is 0.444 e. The van der Waals surface area contributed by atoms with Gasteiger partial charge in [0.1, 0.15) is 39.3 Å². The molecule has 58 heavy (non-hydrogen) atoms. The molecule has 0 spiro atoms. The lowest BCUT2D eigenvalue weighted by atomic mass is 10.0. The number of imidazole rings is 1. The van der Waals surface area contributed by atoms with Crippen LogP contribution in [0.1, 0.15) is 121 Å². The molecule has 14 nitrogen and oxygen atoms in total. The topological polar surface area (TPSA) is 152 Å². The molecule has 0 aliphatic heterocycles.